The Labute approximate surface area is 626 Å². The summed E-state index contributed by atoms with van der Waals surface area (Å²) in [5, 5.41) is 10.6. The maximum absolute atomic E-state index is 13.1. The van der Waals surface area contributed by atoms with E-state index in [2.05, 4.69) is 41.5 Å². The molecule has 0 bridgehead atoms. The molecule has 0 saturated carbocycles. The zero-order chi connectivity index (χ0) is 74.9. The van der Waals surface area contributed by atoms with Gasteiger partial charge in [0.25, 0.3) is 0 Å². The van der Waals surface area contributed by atoms with Crippen molar-refractivity contribution in [3.05, 3.63) is 0 Å². The lowest BCUT2D eigenvalue weighted by Crippen LogP contribution is -2.30. The molecule has 0 amide bonds. The van der Waals surface area contributed by atoms with Crippen LogP contribution in [0.3, 0.4) is 0 Å². The number of phosphoric ester groups is 2. The summed E-state index contributed by atoms with van der Waals surface area (Å²) in [6.45, 7) is 9.59. The minimum absolute atomic E-state index is 0.105. The minimum atomic E-state index is -4.96. The minimum Gasteiger partial charge on any atom is -0.462 e. The van der Waals surface area contributed by atoms with E-state index >= 15 is 0 Å². The van der Waals surface area contributed by atoms with Gasteiger partial charge in [-0.25, -0.2) is 9.13 Å². The molecule has 0 heterocycles. The van der Waals surface area contributed by atoms with Crippen molar-refractivity contribution in [2.45, 2.75) is 458 Å². The van der Waals surface area contributed by atoms with Crippen molar-refractivity contribution < 1.29 is 80.2 Å². The van der Waals surface area contributed by atoms with Gasteiger partial charge in [0.1, 0.15) is 19.3 Å². The van der Waals surface area contributed by atoms with Gasteiger partial charge in [-0.05, 0) is 37.5 Å². The molecule has 3 N–H and O–H groups in total. The van der Waals surface area contributed by atoms with E-state index < -0.39 is 97.5 Å². The number of aliphatic hydroxyl groups excluding tert-OH is 1. The fourth-order valence-electron chi connectivity index (χ4n) is 12.9. The maximum atomic E-state index is 13.1. The number of hydrogen-bond donors (Lipinski definition) is 3. The van der Waals surface area contributed by atoms with Crippen LogP contribution in [-0.2, 0) is 65.4 Å². The second kappa shape index (κ2) is 74.5. The van der Waals surface area contributed by atoms with Crippen molar-refractivity contribution in [2.24, 2.45) is 11.8 Å². The fraction of sp³-hybridized carbons (Fsp3) is 0.952. The van der Waals surface area contributed by atoms with Gasteiger partial charge in [0, 0.05) is 25.7 Å². The highest BCUT2D eigenvalue weighted by Gasteiger charge is 2.30. The molecule has 0 rings (SSSR count). The molecule has 0 spiro atoms. The molecule has 6 atom stereocenters. The van der Waals surface area contributed by atoms with Gasteiger partial charge in [-0.1, -0.05) is 388 Å². The van der Waals surface area contributed by atoms with Crippen molar-refractivity contribution >= 4 is 39.5 Å². The summed E-state index contributed by atoms with van der Waals surface area (Å²) in [7, 11) is -9.92. The van der Waals surface area contributed by atoms with Crippen LogP contribution in [0.15, 0.2) is 0 Å². The number of esters is 4. The lowest BCUT2D eigenvalue weighted by atomic mass is 10.00. The third kappa shape index (κ3) is 74.9. The summed E-state index contributed by atoms with van der Waals surface area (Å²) in [6, 6.07) is 0. The van der Waals surface area contributed by atoms with Crippen molar-refractivity contribution in [1.29, 1.82) is 0 Å². The van der Waals surface area contributed by atoms with Gasteiger partial charge in [-0.15, -0.1) is 0 Å². The average molecular weight is 1490 g/mol. The van der Waals surface area contributed by atoms with E-state index in [-0.39, 0.29) is 25.7 Å². The third-order valence-electron chi connectivity index (χ3n) is 19.8. The van der Waals surface area contributed by atoms with Gasteiger partial charge >= 0.3 is 39.5 Å². The highest BCUT2D eigenvalue weighted by Crippen LogP contribution is 2.45. The molecule has 0 radical (unpaired) electrons. The molecule has 102 heavy (non-hydrogen) atoms. The number of rotatable bonds is 82. The molecule has 0 aromatic rings. The second-order valence-electron chi connectivity index (χ2n) is 30.6. The van der Waals surface area contributed by atoms with Crippen LogP contribution in [0.2, 0.25) is 0 Å². The quantitative estimate of drug-likeness (QED) is 0.0222. The van der Waals surface area contributed by atoms with Crippen molar-refractivity contribution in [1.82, 2.24) is 0 Å². The molecule has 606 valence electrons. The van der Waals surface area contributed by atoms with Crippen LogP contribution in [0.5, 0.6) is 0 Å². The summed E-state index contributed by atoms with van der Waals surface area (Å²) < 4.78 is 68.8. The van der Waals surface area contributed by atoms with E-state index in [9.17, 15) is 43.2 Å². The number of ether oxygens (including phenoxy) is 4. The Kier molecular flexibility index (Phi) is 73.1. The Balaban J connectivity index is 5.21. The molecule has 3 unspecified atom stereocenters. The summed E-state index contributed by atoms with van der Waals surface area (Å²) >= 11 is 0. The number of carbonyl (C=O) groups is 4. The standard InChI is InChI=1S/C83H162O17P2/c1-7-10-12-14-16-18-20-22-24-26-27-28-29-30-32-34-36-38-43-47-55-61-67-82(87)99-78(71-93-80(85)65-59-53-46-42-37-35-33-31-25-23-21-19-17-15-13-11-8-2)73-97-101(89,90)95-69-77(84)70-96-102(91,92)98-74-79(72-94-81(86)66-60-54-50-49-52-58-64-76(6)9-3)100-83(88)68-62-56-48-44-40-39-41-45-51-57-63-75(4)5/h75-79,84H,7-74H2,1-6H3,(H,89,90)(H,91,92)/t76?,77-,78-,79-/m1/s1. The Morgan fingerprint density at radius 1 is 0.284 bits per heavy atom. The normalized spacial score (nSPS) is 14.1. The molecule has 17 nitrogen and oxygen atoms in total. The molecular weight excluding hydrogens is 1330 g/mol. The van der Waals surface area contributed by atoms with E-state index in [1.807, 2.05) is 0 Å². The summed E-state index contributed by atoms with van der Waals surface area (Å²) in [4.78, 5) is 73.1. The highest BCUT2D eigenvalue weighted by molar-refractivity contribution is 7.47. The number of carbonyl (C=O) groups excluding carboxylic acids is 4. The fourth-order valence-corrected chi connectivity index (χ4v) is 14.4. The zero-order valence-electron chi connectivity index (χ0n) is 66.9. The number of phosphoric acid groups is 2. The van der Waals surface area contributed by atoms with Crippen LogP contribution in [0, 0.1) is 11.8 Å². The Morgan fingerprint density at radius 2 is 0.500 bits per heavy atom. The van der Waals surface area contributed by atoms with Gasteiger partial charge in [0.15, 0.2) is 12.2 Å². The Bertz CT molecular complexity index is 1960. The molecule has 0 aliphatic carbocycles. The number of unbranched alkanes of at least 4 members (excludes halogenated alkanes) is 51. The monoisotopic (exact) mass is 1490 g/mol. The molecule has 0 saturated heterocycles. The molecule has 0 aliphatic rings. The molecular formula is C83H162O17P2. The van der Waals surface area contributed by atoms with E-state index in [4.69, 9.17) is 37.0 Å². The third-order valence-corrected chi connectivity index (χ3v) is 21.7. The number of hydrogen-bond acceptors (Lipinski definition) is 15. The largest absolute Gasteiger partial charge is 0.472 e. The smallest absolute Gasteiger partial charge is 0.462 e. The Hall–Kier alpha value is -1.94. The molecule has 0 aliphatic heterocycles. The summed E-state index contributed by atoms with van der Waals surface area (Å²) in [5.41, 5.74) is 0. The van der Waals surface area contributed by atoms with Crippen LogP contribution >= 0.6 is 15.6 Å². The van der Waals surface area contributed by atoms with Gasteiger partial charge in [-0.3, -0.25) is 37.3 Å². The van der Waals surface area contributed by atoms with E-state index in [0.717, 1.165) is 108 Å². The SMILES string of the molecule is CCCCCCCCCCCCCCCCCCCCCCCCC(=O)O[C@H](COC(=O)CCCCCCCCCCCCCCCCCCC)COP(=O)(O)OC[C@@H](O)COP(=O)(O)OC[C@@H](COC(=O)CCCCCCCCC(C)CC)OC(=O)CCCCCCCCCCCCC(C)C. The predicted molar refractivity (Wildman–Crippen MR) is 418 cm³/mol. The molecule has 19 heteroatoms. The van der Waals surface area contributed by atoms with Crippen molar-refractivity contribution in [3.8, 4) is 0 Å². The highest BCUT2D eigenvalue weighted by atomic mass is 31.2. The molecule has 0 fully saturated rings. The topological polar surface area (TPSA) is 237 Å². The van der Waals surface area contributed by atoms with Gasteiger partial charge in [0.2, 0.25) is 0 Å². The molecule has 0 aromatic heterocycles. The van der Waals surface area contributed by atoms with Crippen molar-refractivity contribution in [2.75, 3.05) is 39.6 Å². The van der Waals surface area contributed by atoms with Gasteiger partial charge < -0.3 is 33.8 Å². The number of aliphatic hydroxyl groups is 1. The molecule has 0 aromatic carbocycles. The summed E-state index contributed by atoms with van der Waals surface area (Å²) in [5.74, 6) is -0.626. The first kappa shape index (κ1) is 100. The van der Waals surface area contributed by atoms with Crippen molar-refractivity contribution in [3.63, 3.8) is 0 Å². The van der Waals surface area contributed by atoms with E-state index in [1.165, 1.54) is 250 Å². The van der Waals surface area contributed by atoms with Crippen LogP contribution in [-0.4, -0.2) is 96.7 Å². The first-order chi connectivity index (χ1) is 49.4. The Morgan fingerprint density at radius 3 is 0.745 bits per heavy atom. The zero-order valence-corrected chi connectivity index (χ0v) is 68.7. The first-order valence-electron chi connectivity index (χ1n) is 43.0. The average Bonchev–Trinajstić information content (AvgIpc) is 0.911. The first-order valence-corrected chi connectivity index (χ1v) is 46.0. The maximum Gasteiger partial charge on any atom is 0.472 e. The van der Waals surface area contributed by atoms with E-state index in [0.29, 0.717) is 25.7 Å². The summed E-state index contributed by atoms with van der Waals surface area (Å²) in [6.07, 6.45) is 65.4. The lowest BCUT2D eigenvalue weighted by molar-refractivity contribution is -0.161. The van der Waals surface area contributed by atoms with Crippen LogP contribution in [0.25, 0.3) is 0 Å². The van der Waals surface area contributed by atoms with Crippen LogP contribution in [0.4, 0.5) is 0 Å². The van der Waals surface area contributed by atoms with Gasteiger partial charge in [-0.2, -0.15) is 0 Å². The lowest BCUT2D eigenvalue weighted by Gasteiger charge is -2.21. The van der Waals surface area contributed by atoms with E-state index in [1.54, 1.807) is 0 Å². The second-order valence-corrected chi connectivity index (χ2v) is 33.5. The van der Waals surface area contributed by atoms with Crippen LogP contribution < -0.4 is 0 Å². The predicted octanol–water partition coefficient (Wildman–Crippen LogP) is 25.1. The van der Waals surface area contributed by atoms with Gasteiger partial charge in [0.05, 0.1) is 26.4 Å². The van der Waals surface area contributed by atoms with Crippen LogP contribution in [0.1, 0.15) is 440 Å².